The highest BCUT2D eigenvalue weighted by Crippen LogP contribution is 2.18. The molecule has 2 atom stereocenters. The minimum atomic E-state index is -0.230. The molecule has 2 heterocycles. The van der Waals surface area contributed by atoms with Gasteiger partial charge in [-0.1, -0.05) is 0 Å². The molecule has 0 radical (unpaired) electrons. The molecule has 0 bridgehead atoms. The van der Waals surface area contributed by atoms with Crippen LogP contribution in [0.2, 0.25) is 0 Å². The fraction of sp³-hybridized carbons (Fsp3) is 0.615. The van der Waals surface area contributed by atoms with Gasteiger partial charge in [0.25, 0.3) is 5.91 Å². The Morgan fingerprint density at radius 3 is 2.95 bits per heavy atom. The highest BCUT2D eigenvalue weighted by atomic mass is 16.5. The summed E-state index contributed by atoms with van der Waals surface area (Å²) in [4.78, 5) is 11.3. The Hall–Kier alpha value is -1.69. The summed E-state index contributed by atoms with van der Waals surface area (Å²) >= 11 is 0. The van der Waals surface area contributed by atoms with Gasteiger partial charge in [0.15, 0.2) is 5.69 Å². The third-order valence-electron chi connectivity index (χ3n) is 3.16. The monoisotopic (exact) mass is 264 g/mol. The lowest BCUT2D eigenvalue weighted by atomic mass is 10.1. The van der Waals surface area contributed by atoms with Crippen molar-refractivity contribution in [1.82, 2.24) is 15.5 Å². The van der Waals surface area contributed by atoms with E-state index in [0.717, 1.165) is 25.9 Å². The largest absolute Gasteiger partial charge is 0.378 e. The smallest absolute Gasteiger partial charge is 0.271 e. The number of amides is 1. The van der Waals surface area contributed by atoms with Gasteiger partial charge in [0.2, 0.25) is 0 Å². The summed E-state index contributed by atoms with van der Waals surface area (Å²) in [5.41, 5.74) is 0.319. The van der Waals surface area contributed by atoms with Crippen LogP contribution in [0.3, 0.4) is 0 Å². The van der Waals surface area contributed by atoms with Gasteiger partial charge in [0.05, 0.1) is 6.10 Å². The van der Waals surface area contributed by atoms with Crippen LogP contribution >= 0.6 is 0 Å². The van der Waals surface area contributed by atoms with Crippen LogP contribution in [0.4, 0.5) is 5.82 Å². The minimum absolute atomic E-state index is 0.230. The van der Waals surface area contributed by atoms with E-state index >= 15 is 0 Å². The first-order valence-corrected chi connectivity index (χ1v) is 6.63. The second-order valence-electron chi connectivity index (χ2n) is 4.80. The molecule has 1 fully saturated rings. The summed E-state index contributed by atoms with van der Waals surface area (Å²) < 4.78 is 5.60. The Bertz CT molecular complexity index is 415. The standard InChI is InChI=1S/C13H20N4O2/c1-9(8-10-4-3-7-19-10)15-12-6-5-11(16-17-12)13(18)14-2/h5-6,9-10H,3-4,7-8H2,1-2H3,(H,14,18)(H,15,17). The van der Waals surface area contributed by atoms with Crippen molar-refractivity contribution in [3.8, 4) is 0 Å². The van der Waals surface area contributed by atoms with Crippen LogP contribution in [0.25, 0.3) is 0 Å². The molecule has 1 saturated heterocycles. The lowest BCUT2D eigenvalue weighted by molar-refractivity contribution is 0.0957. The van der Waals surface area contributed by atoms with Crippen LogP contribution in [0, 0.1) is 0 Å². The molecule has 2 rings (SSSR count). The highest BCUT2D eigenvalue weighted by molar-refractivity contribution is 5.91. The van der Waals surface area contributed by atoms with E-state index < -0.39 is 0 Å². The van der Waals surface area contributed by atoms with Gasteiger partial charge in [-0.15, -0.1) is 10.2 Å². The number of anilines is 1. The van der Waals surface area contributed by atoms with Crippen LogP contribution in [-0.2, 0) is 4.74 Å². The molecular formula is C13H20N4O2. The van der Waals surface area contributed by atoms with E-state index in [1.165, 1.54) is 0 Å². The number of ether oxygens (including phenoxy) is 1. The van der Waals surface area contributed by atoms with E-state index in [1.54, 1.807) is 19.2 Å². The molecular weight excluding hydrogens is 244 g/mol. The second kappa shape index (κ2) is 6.47. The Labute approximate surface area is 112 Å². The number of aromatic nitrogens is 2. The number of rotatable bonds is 5. The molecule has 6 heteroatoms. The predicted octanol–water partition coefficient (Wildman–Crippen LogP) is 1.21. The van der Waals surface area contributed by atoms with Crippen LogP contribution in [-0.4, -0.2) is 41.9 Å². The SMILES string of the molecule is CNC(=O)c1ccc(NC(C)CC2CCCO2)nn1. The van der Waals surface area contributed by atoms with Crippen molar-refractivity contribution >= 4 is 11.7 Å². The third-order valence-corrected chi connectivity index (χ3v) is 3.16. The minimum Gasteiger partial charge on any atom is -0.378 e. The van der Waals surface area contributed by atoms with Crippen molar-refractivity contribution in [3.05, 3.63) is 17.8 Å². The van der Waals surface area contributed by atoms with Gasteiger partial charge in [-0.05, 0) is 38.3 Å². The Balaban J connectivity index is 1.86. The quantitative estimate of drug-likeness (QED) is 0.836. The topological polar surface area (TPSA) is 76.1 Å². The summed E-state index contributed by atoms with van der Waals surface area (Å²) in [5, 5.41) is 13.7. The fourth-order valence-electron chi connectivity index (χ4n) is 2.19. The molecule has 0 spiro atoms. The zero-order chi connectivity index (χ0) is 13.7. The molecule has 1 aliphatic rings. The van der Waals surface area contributed by atoms with Crippen molar-refractivity contribution in [2.75, 3.05) is 19.0 Å². The number of hydrogen-bond donors (Lipinski definition) is 2. The summed E-state index contributed by atoms with van der Waals surface area (Å²) in [6.45, 7) is 2.97. The molecule has 0 aromatic carbocycles. The van der Waals surface area contributed by atoms with Crippen molar-refractivity contribution in [2.45, 2.75) is 38.3 Å². The number of carbonyl (C=O) groups excluding carboxylic acids is 1. The Kier molecular flexibility index (Phi) is 4.68. The lowest BCUT2D eigenvalue weighted by Gasteiger charge is -2.17. The highest BCUT2D eigenvalue weighted by Gasteiger charge is 2.18. The average Bonchev–Trinajstić information content (AvgIpc) is 2.91. The molecule has 19 heavy (non-hydrogen) atoms. The predicted molar refractivity (Wildman–Crippen MR) is 72.1 cm³/mol. The lowest BCUT2D eigenvalue weighted by Crippen LogP contribution is -2.23. The fourth-order valence-corrected chi connectivity index (χ4v) is 2.19. The number of nitrogens with one attached hydrogen (secondary N) is 2. The van der Waals surface area contributed by atoms with Gasteiger partial charge in [0.1, 0.15) is 5.82 Å². The molecule has 1 aliphatic heterocycles. The van der Waals surface area contributed by atoms with E-state index in [1.807, 2.05) is 0 Å². The van der Waals surface area contributed by atoms with E-state index in [-0.39, 0.29) is 11.9 Å². The molecule has 0 saturated carbocycles. The molecule has 2 unspecified atom stereocenters. The van der Waals surface area contributed by atoms with Crippen LogP contribution < -0.4 is 10.6 Å². The van der Waals surface area contributed by atoms with E-state index in [0.29, 0.717) is 17.6 Å². The van der Waals surface area contributed by atoms with Crippen LogP contribution in [0.5, 0.6) is 0 Å². The molecule has 1 aromatic heterocycles. The van der Waals surface area contributed by atoms with Gasteiger partial charge in [-0.3, -0.25) is 4.79 Å². The molecule has 6 nitrogen and oxygen atoms in total. The Morgan fingerprint density at radius 2 is 2.37 bits per heavy atom. The zero-order valence-electron chi connectivity index (χ0n) is 11.3. The van der Waals surface area contributed by atoms with Gasteiger partial charge in [-0.25, -0.2) is 0 Å². The summed E-state index contributed by atoms with van der Waals surface area (Å²) in [6, 6.07) is 3.69. The summed E-state index contributed by atoms with van der Waals surface area (Å²) in [6.07, 6.45) is 3.59. The molecule has 2 N–H and O–H groups in total. The van der Waals surface area contributed by atoms with E-state index in [2.05, 4.69) is 27.8 Å². The van der Waals surface area contributed by atoms with E-state index in [4.69, 9.17) is 4.74 Å². The van der Waals surface area contributed by atoms with Gasteiger partial charge in [0, 0.05) is 19.7 Å². The molecule has 1 aromatic rings. The Morgan fingerprint density at radius 1 is 1.53 bits per heavy atom. The van der Waals surface area contributed by atoms with Crippen LogP contribution in [0.1, 0.15) is 36.7 Å². The van der Waals surface area contributed by atoms with Crippen LogP contribution in [0.15, 0.2) is 12.1 Å². The molecule has 104 valence electrons. The number of nitrogens with zero attached hydrogens (tertiary/aromatic N) is 2. The maximum atomic E-state index is 11.3. The van der Waals surface area contributed by atoms with Crippen molar-refractivity contribution < 1.29 is 9.53 Å². The maximum Gasteiger partial charge on any atom is 0.271 e. The zero-order valence-corrected chi connectivity index (χ0v) is 11.3. The summed E-state index contributed by atoms with van der Waals surface area (Å²) in [5.74, 6) is 0.449. The van der Waals surface area contributed by atoms with E-state index in [9.17, 15) is 4.79 Å². The average molecular weight is 264 g/mol. The van der Waals surface area contributed by atoms with Gasteiger partial charge in [-0.2, -0.15) is 0 Å². The normalized spacial score (nSPS) is 20.0. The number of carbonyl (C=O) groups is 1. The van der Waals surface area contributed by atoms with Crippen molar-refractivity contribution in [2.24, 2.45) is 0 Å². The van der Waals surface area contributed by atoms with Crippen molar-refractivity contribution in [1.29, 1.82) is 0 Å². The van der Waals surface area contributed by atoms with Gasteiger partial charge < -0.3 is 15.4 Å². The third kappa shape index (κ3) is 3.89. The molecule has 0 aliphatic carbocycles. The first-order valence-electron chi connectivity index (χ1n) is 6.63. The first-order chi connectivity index (χ1) is 9.19. The molecule has 1 amide bonds. The second-order valence-corrected chi connectivity index (χ2v) is 4.80. The van der Waals surface area contributed by atoms with Gasteiger partial charge >= 0.3 is 0 Å². The summed E-state index contributed by atoms with van der Waals surface area (Å²) in [7, 11) is 1.57. The maximum absolute atomic E-state index is 11.3. The first kappa shape index (κ1) is 13.7. The number of hydrogen-bond acceptors (Lipinski definition) is 5. The van der Waals surface area contributed by atoms with Crippen molar-refractivity contribution in [3.63, 3.8) is 0 Å².